The van der Waals surface area contributed by atoms with Crippen LogP contribution in [0.25, 0.3) is 33.9 Å². The molecule has 0 unspecified atom stereocenters. The van der Waals surface area contributed by atoms with Gasteiger partial charge in [-0.05, 0) is 41.0 Å². The zero-order valence-corrected chi connectivity index (χ0v) is 21.0. The van der Waals surface area contributed by atoms with Gasteiger partial charge in [0.1, 0.15) is 5.69 Å². The van der Waals surface area contributed by atoms with E-state index in [0.717, 1.165) is 33.6 Å². The molecular weight excluding hydrogens is 527 g/mol. The molecule has 0 amide bonds. The molecule has 0 bridgehead atoms. The first kappa shape index (κ1) is 27.8. The molecule has 0 saturated heterocycles. The number of benzene rings is 2. The highest BCUT2D eigenvalue weighted by Gasteiger charge is 2.38. The lowest BCUT2D eigenvalue weighted by Crippen LogP contribution is -2.21. The number of rotatable bonds is 6. The molecule has 5 rings (SSSR count). The van der Waals surface area contributed by atoms with Crippen LogP contribution in [0.3, 0.4) is 0 Å². The van der Waals surface area contributed by atoms with Gasteiger partial charge >= 0.3 is 18.1 Å². The lowest BCUT2D eigenvalue weighted by atomic mass is 10.1. The van der Waals surface area contributed by atoms with Gasteiger partial charge < -0.3 is 14.8 Å². The van der Waals surface area contributed by atoms with Crippen molar-refractivity contribution < 1.29 is 32.6 Å². The lowest BCUT2D eigenvalue weighted by molar-refractivity contribution is -0.192. The summed E-state index contributed by atoms with van der Waals surface area (Å²) in [5.41, 5.74) is 6.35. The molecule has 12 heteroatoms. The second-order valence-electron chi connectivity index (χ2n) is 8.36. The highest BCUT2D eigenvalue weighted by Crippen LogP contribution is 2.25. The van der Waals surface area contributed by atoms with E-state index >= 15 is 0 Å². The quantitative estimate of drug-likeness (QED) is 0.269. The maximum Gasteiger partial charge on any atom is 0.490 e. The number of ether oxygens (including phenoxy) is 1. The summed E-state index contributed by atoms with van der Waals surface area (Å²) < 4.78 is 38.3. The summed E-state index contributed by atoms with van der Waals surface area (Å²) in [4.78, 5) is 32.8. The second kappa shape index (κ2) is 12.1. The van der Waals surface area contributed by atoms with Crippen molar-refractivity contribution in [1.82, 2.24) is 24.7 Å². The molecule has 2 aromatic carbocycles. The average molecular weight is 550 g/mol. The van der Waals surface area contributed by atoms with Crippen LogP contribution in [0, 0.1) is 0 Å². The Labute approximate surface area is 225 Å². The van der Waals surface area contributed by atoms with E-state index in [4.69, 9.17) is 14.6 Å². The van der Waals surface area contributed by atoms with Crippen molar-refractivity contribution in [2.45, 2.75) is 12.7 Å². The monoisotopic (exact) mass is 549 g/mol. The van der Waals surface area contributed by atoms with E-state index in [1.54, 1.807) is 18.3 Å². The molecule has 0 atom stereocenters. The molecule has 0 aliphatic rings. The number of carboxylic acids is 1. The molecule has 0 aliphatic carbocycles. The average Bonchev–Trinajstić information content (AvgIpc) is 3.64. The molecule has 204 valence electrons. The summed E-state index contributed by atoms with van der Waals surface area (Å²) in [6.07, 6.45) is 2.34. The van der Waals surface area contributed by atoms with Gasteiger partial charge in [-0.2, -0.15) is 18.3 Å². The Balaban J connectivity index is 0.000000470. The summed E-state index contributed by atoms with van der Waals surface area (Å²) in [5.74, 6) is -2.38. The van der Waals surface area contributed by atoms with E-state index < -0.39 is 12.1 Å². The van der Waals surface area contributed by atoms with Crippen LogP contribution in [0.1, 0.15) is 15.9 Å². The van der Waals surface area contributed by atoms with Gasteiger partial charge in [0.2, 0.25) is 0 Å². The number of pyridine rings is 1. The standard InChI is InChI=1S/C26H21N5O2.C2HF3O2/c1-33-26(32)20-9-7-18(8-10-20)16-31-17-22(14-29-31)21-11-12-27-23(13-21)25-28-15-24(30-25)19-5-3-2-4-6-19;3-2(4,5)1(6)7/h2-15,17H,16H2,1H3,(H,28,30);(H,6,7). The van der Waals surface area contributed by atoms with Crippen molar-refractivity contribution in [2.75, 3.05) is 7.11 Å². The van der Waals surface area contributed by atoms with Gasteiger partial charge in [0.05, 0.1) is 37.3 Å². The number of halogens is 3. The minimum atomic E-state index is -5.08. The molecule has 2 N–H and O–H groups in total. The molecule has 0 radical (unpaired) electrons. The van der Waals surface area contributed by atoms with Crippen LogP contribution in [0.15, 0.2) is 91.5 Å². The molecule has 40 heavy (non-hydrogen) atoms. The number of aromatic amines is 1. The summed E-state index contributed by atoms with van der Waals surface area (Å²) >= 11 is 0. The smallest absolute Gasteiger partial charge is 0.475 e. The Bertz CT molecular complexity index is 1600. The summed E-state index contributed by atoms with van der Waals surface area (Å²) in [5, 5.41) is 11.6. The number of aliphatic carboxylic acids is 1. The third-order valence-corrected chi connectivity index (χ3v) is 5.59. The number of hydrogen-bond donors (Lipinski definition) is 2. The summed E-state index contributed by atoms with van der Waals surface area (Å²) in [6.45, 7) is 0.595. The number of carboxylic acid groups (broad SMARTS) is 1. The molecule has 0 fully saturated rings. The number of nitrogens with zero attached hydrogens (tertiary/aromatic N) is 4. The number of esters is 1. The first-order valence-electron chi connectivity index (χ1n) is 11.7. The van der Waals surface area contributed by atoms with Crippen LogP contribution in [0.2, 0.25) is 0 Å². The zero-order valence-electron chi connectivity index (χ0n) is 21.0. The largest absolute Gasteiger partial charge is 0.490 e. The minimum absolute atomic E-state index is 0.344. The molecular formula is C28H22F3N5O4. The SMILES string of the molecule is COC(=O)c1ccc(Cn2cc(-c3ccnc(-c4ncc(-c5ccccc5)[nH]4)c3)cn2)cc1.O=C(O)C(F)(F)F. The molecule has 0 saturated carbocycles. The van der Waals surface area contributed by atoms with E-state index in [-0.39, 0.29) is 5.97 Å². The van der Waals surface area contributed by atoms with Crippen LogP contribution in [-0.4, -0.2) is 55.1 Å². The summed E-state index contributed by atoms with van der Waals surface area (Å²) in [7, 11) is 1.38. The van der Waals surface area contributed by atoms with Gasteiger partial charge in [0.25, 0.3) is 0 Å². The van der Waals surface area contributed by atoms with Crippen molar-refractivity contribution in [2.24, 2.45) is 0 Å². The molecule has 0 spiro atoms. The maximum absolute atomic E-state index is 11.6. The first-order chi connectivity index (χ1) is 19.1. The van der Waals surface area contributed by atoms with E-state index in [2.05, 4.69) is 20.1 Å². The normalized spacial score (nSPS) is 10.9. The number of carbonyl (C=O) groups excluding carboxylic acids is 1. The Hall–Kier alpha value is -5.26. The van der Waals surface area contributed by atoms with Gasteiger partial charge in [-0.15, -0.1) is 0 Å². The lowest BCUT2D eigenvalue weighted by Gasteiger charge is -2.04. The minimum Gasteiger partial charge on any atom is -0.475 e. The van der Waals surface area contributed by atoms with Gasteiger partial charge in [-0.3, -0.25) is 9.67 Å². The van der Waals surface area contributed by atoms with Crippen LogP contribution < -0.4 is 0 Å². The third kappa shape index (κ3) is 6.98. The van der Waals surface area contributed by atoms with Crippen molar-refractivity contribution in [1.29, 1.82) is 0 Å². The fourth-order valence-corrected chi connectivity index (χ4v) is 3.61. The Morgan fingerprint density at radius 2 is 1.65 bits per heavy atom. The van der Waals surface area contributed by atoms with Crippen LogP contribution in [0.5, 0.6) is 0 Å². The van der Waals surface area contributed by atoms with Gasteiger partial charge in [-0.1, -0.05) is 42.5 Å². The van der Waals surface area contributed by atoms with Crippen molar-refractivity contribution in [3.8, 4) is 33.9 Å². The molecule has 3 heterocycles. The van der Waals surface area contributed by atoms with Gasteiger partial charge in [0, 0.05) is 18.0 Å². The van der Waals surface area contributed by atoms with Gasteiger partial charge in [-0.25, -0.2) is 14.6 Å². The number of carbonyl (C=O) groups is 2. The van der Waals surface area contributed by atoms with Gasteiger partial charge in [0.15, 0.2) is 5.82 Å². The van der Waals surface area contributed by atoms with Crippen molar-refractivity contribution in [3.05, 3.63) is 103 Å². The number of aromatic nitrogens is 5. The predicted molar refractivity (Wildman–Crippen MR) is 139 cm³/mol. The molecule has 3 aromatic heterocycles. The van der Waals surface area contributed by atoms with Crippen LogP contribution in [-0.2, 0) is 16.1 Å². The highest BCUT2D eigenvalue weighted by molar-refractivity contribution is 5.89. The van der Waals surface area contributed by atoms with E-state index in [1.165, 1.54) is 7.11 Å². The fraction of sp³-hybridized carbons (Fsp3) is 0.107. The Kier molecular flexibility index (Phi) is 8.38. The predicted octanol–water partition coefficient (Wildman–Crippen LogP) is 5.47. The molecule has 9 nitrogen and oxygen atoms in total. The number of alkyl halides is 3. The zero-order chi connectivity index (χ0) is 28.7. The number of nitrogens with one attached hydrogen (secondary N) is 1. The second-order valence-corrected chi connectivity index (χ2v) is 8.36. The fourth-order valence-electron chi connectivity index (χ4n) is 3.61. The number of imidazole rings is 1. The molecule has 0 aliphatic heterocycles. The van der Waals surface area contributed by atoms with E-state index in [0.29, 0.717) is 17.9 Å². The number of H-pyrrole nitrogens is 1. The summed E-state index contributed by atoms with van der Waals surface area (Å²) in [6, 6.07) is 21.3. The van der Waals surface area contributed by atoms with Crippen molar-refractivity contribution in [3.63, 3.8) is 0 Å². The Morgan fingerprint density at radius 1 is 0.950 bits per heavy atom. The third-order valence-electron chi connectivity index (χ3n) is 5.59. The van der Waals surface area contributed by atoms with Crippen LogP contribution >= 0.6 is 0 Å². The maximum atomic E-state index is 11.6. The van der Waals surface area contributed by atoms with Crippen LogP contribution in [0.4, 0.5) is 13.2 Å². The van der Waals surface area contributed by atoms with E-state index in [1.807, 2.05) is 77.9 Å². The van der Waals surface area contributed by atoms with E-state index in [9.17, 15) is 18.0 Å². The highest BCUT2D eigenvalue weighted by atomic mass is 19.4. The Morgan fingerprint density at radius 3 is 2.30 bits per heavy atom. The topological polar surface area (TPSA) is 123 Å². The number of hydrogen-bond acceptors (Lipinski definition) is 6. The van der Waals surface area contributed by atoms with Crippen molar-refractivity contribution >= 4 is 11.9 Å². The first-order valence-corrected chi connectivity index (χ1v) is 11.7. The molecule has 5 aromatic rings. The number of methoxy groups -OCH3 is 1.